The van der Waals surface area contributed by atoms with Gasteiger partial charge in [-0.1, -0.05) is 37.6 Å². The monoisotopic (exact) mass is 447 g/mol. The van der Waals surface area contributed by atoms with Crippen molar-refractivity contribution in [2.45, 2.75) is 39.7 Å². The molecule has 9 heteroatoms. The van der Waals surface area contributed by atoms with Crippen LogP contribution in [0, 0.1) is 0 Å². The number of phenolic OH excluding ortho intramolecular Hbond substituents is 1. The quantitative estimate of drug-likeness (QED) is 0.297. The Morgan fingerprint density at radius 2 is 2.00 bits per heavy atom. The summed E-state index contributed by atoms with van der Waals surface area (Å²) in [5, 5.41) is 24.5. The van der Waals surface area contributed by atoms with E-state index < -0.39 is 0 Å². The average Bonchev–Trinajstić information content (AvgIpc) is 3.32. The average molecular weight is 447 g/mol. The molecule has 2 aliphatic rings. The molecule has 33 heavy (non-hydrogen) atoms. The van der Waals surface area contributed by atoms with E-state index in [-0.39, 0.29) is 22.9 Å². The van der Waals surface area contributed by atoms with Gasteiger partial charge >= 0.3 is 0 Å². The van der Waals surface area contributed by atoms with Gasteiger partial charge in [-0.05, 0) is 43.2 Å². The van der Waals surface area contributed by atoms with Crippen LogP contribution in [0.15, 0.2) is 47.3 Å². The van der Waals surface area contributed by atoms with Gasteiger partial charge < -0.3 is 14.4 Å². The first-order chi connectivity index (χ1) is 16.0. The highest BCUT2D eigenvalue weighted by Gasteiger charge is 2.23. The zero-order chi connectivity index (χ0) is 23.4. The number of fused-ring (bicyclic) bond motifs is 1. The molecule has 0 fully saturated rings. The summed E-state index contributed by atoms with van der Waals surface area (Å²) in [5.41, 5.74) is 2.68. The molecular formula is C24H25N5O4. The highest BCUT2D eigenvalue weighted by atomic mass is 16.5. The second kappa shape index (κ2) is 9.64. The molecule has 0 unspecified atom stereocenters. The Morgan fingerprint density at radius 1 is 1.18 bits per heavy atom. The number of aromatic hydroxyl groups is 1. The second-order valence-corrected chi connectivity index (χ2v) is 7.72. The van der Waals surface area contributed by atoms with Crippen LogP contribution in [0.4, 0.5) is 0 Å². The van der Waals surface area contributed by atoms with E-state index in [1.807, 2.05) is 37.3 Å². The Hall–Kier alpha value is -4.01. The number of Topliss-reactive ketones (excluding diaryl/α,β-unsaturated/α-hetero) is 1. The van der Waals surface area contributed by atoms with Crippen molar-refractivity contribution < 1.29 is 14.6 Å². The van der Waals surface area contributed by atoms with Crippen molar-refractivity contribution in [3.8, 4) is 34.1 Å². The molecule has 0 bridgehead atoms. The van der Waals surface area contributed by atoms with Gasteiger partial charge in [-0.15, -0.1) is 10.2 Å². The highest BCUT2D eigenvalue weighted by molar-refractivity contribution is 5.97. The molecule has 2 aromatic rings. The number of ketones is 1. The lowest BCUT2D eigenvalue weighted by molar-refractivity contribution is 0.101. The van der Waals surface area contributed by atoms with Crippen molar-refractivity contribution in [1.82, 2.24) is 25.2 Å². The van der Waals surface area contributed by atoms with E-state index in [0.29, 0.717) is 48.4 Å². The van der Waals surface area contributed by atoms with Crippen molar-refractivity contribution in [2.24, 2.45) is 0 Å². The fourth-order valence-corrected chi connectivity index (χ4v) is 3.98. The lowest BCUT2D eigenvalue weighted by Crippen LogP contribution is -2.18. The normalized spacial score (nSPS) is 11.1. The van der Waals surface area contributed by atoms with Gasteiger partial charge in [0.2, 0.25) is 5.82 Å². The van der Waals surface area contributed by atoms with Crippen LogP contribution in [0.2, 0.25) is 0 Å². The van der Waals surface area contributed by atoms with Crippen LogP contribution >= 0.6 is 0 Å². The maximum atomic E-state index is 13.2. The van der Waals surface area contributed by atoms with Crippen molar-refractivity contribution in [1.29, 1.82) is 0 Å². The van der Waals surface area contributed by atoms with Crippen molar-refractivity contribution in [3.63, 3.8) is 0 Å². The van der Waals surface area contributed by atoms with Gasteiger partial charge in [0.15, 0.2) is 5.78 Å². The summed E-state index contributed by atoms with van der Waals surface area (Å²) in [5.74, 6) is 0.608. The van der Waals surface area contributed by atoms with Gasteiger partial charge in [-0.25, -0.2) is 0 Å². The first kappa shape index (κ1) is 22.2. The molecule has 9 nitrogen and oxygen atoms in total. The minimum atomic E-state index is -0.190. The fourth-order valence-electron chi connectivity index (χ4n) is 3.98. The summed E-state index contributed by atoms with van der Waals surface area (Å²) < 4.78 is 7.64. The van der Waals surface area contributed by atoms with Crippen LogP contribution in [0.25, 0.3) is 22.6 Å². The number of tetrazole rings is 1. The fraction of sp³-hybridized carbons (Fsp3) is 0.292. The third-order valence-corrected chi connectivity index (χ3v) is 5.51. The zero-order valence-corrected chi connectivity index (χ0v) is 18.5. The highest BCUT2D eigenvalue weighted by Crippen LogP contribution is 2.33. The standard InChI is InChI=1S/C24H25N5O4/c1-3-8-18-20(12-11-16(15(2)30)22(18)31)33-14-7-13-29-19-10-6-4-5-9-17(19)21(24(29)32)23-25-27-28-26-23/h4-6,9-12,31H,3,7-8,13-14H2,1-2H3,(H,25,26,27,28). The third kappa shape index (κ3) is 4.34. The first-order valence-electron chi connectivity index (χ1n) is 10.9. The van der Waals surface area contributed by atoms with E-state index in [4.69, 9.17) is 4.74 Å². The zero-order valence-electron chi connectivity index (χ0n) is 18.5. The number of ether oxygens (including phenoxy) is 1. The Labute approximate surface area is 190 Å². The molecule has 1 aliphatic heterocycles. The van der Waals surface area contributed by atoms with E-state index in [1.54, 1.807) is 16.7 Å². The number of carbonyl (C=O) groups is 1. The van der Waals surface area contributed by atoms with Gasteiger partial charge in [-0.3, -0.25) is 9.59 Å². The number of nitrogens with zero attached hydrogens (tertiary/aromatic N) is 4. The number of carbonyl (C=O) groups excluding carboxylic acids is 1. The summed E-state index contributed by atoms with van der Waals surface area (Å²) in [6.07, 6.45) is 1.96. The van der Waals surface area contributed by atoms with Crippen molar-refractivity contribution in [2.75, 3.05) is 6.61 Å². The maximum Gasteiger partial charge on any atom is 0.262 e. The van der Waals surface area contributed by atoms with Crippen LogP contribution in [0.3, 0.4) is 0 Å². The van der Waals surface area contributed by atoms with Crippen LogP contribution in [0.5, 0.6) is 11.5 Å². The summed E-state index contributed by atoms with van der Waals surface area (Å²) >= 11 is 0. The number of rotatable bonds is 9. The molecular weight excluding hydrogens is 422 g/mol. The van der Waals surface area contributed by atoms with E-state index in [2.05, 4.69) is 20.6 Å². The molecule has 2 heterocycles. The lowest BCUT2D eigenvalue weighted by atomic mass is 10.0. The maximum absolute atomic E-state index is 13.2. The number of nitrogens with one attached hydrogen (secondary N) is 1. The van der Waals surface area contributed by atoms with Crippen LogP contribution in [-0.4, -0.2) is 42.7 Å². The van der Waals surface area contributed by atoms with Crippen LogP contribution in [-0.2, 0) is 13.0 Å². The lowest BCUT2D eigenvalue weighted by Gasteiger charge is -2.15. The van der Waals surface area contributed by atoms with E-state index in [1.165, 1.54) is 6.92 Å². The van der Waals surface area contributed by atoms with Crippen LogP contribution < -0.4 is 10.3 Å². The number of hydrogen-bond acceptors (Lipinski definition) is 7. The number of hydrogen-bond donors (Lipinski definition) is 2. The number of phenols is 1. The first-order valence-corrected chi connectivity index (χ1v) is 10.9. The molecule has 0 saturated carbocycles. The summed E-state index contributed by atoms with van der Waals surface area (Å²) in [7, 11) is 0. The second-order valence-electron chi connectivity index (χ2n) is 7.72. The topological polar surface area (TPSA) is 123 Å². The summed E-state index contributed by atoms with van der Waals surface area (Å²) in [4.78, 5) is 24.9. The Balaban J connectivity index is 1.54. The molecule has 2 N–H and O–H groups in total. The van der Waals surface area contributed by atoms with Gasteiger partial charge in [0.1, 0.15) is 11.5 Å². The smallest absolute Gasteiger partial charge is 0.262 e. The summed E-state index contributed by atoms with van der Waals surface area (Å²) in [6, 6.07) is 12.7. The predicted octanol–water partition coefficient (Wildman–Crippen LogP) is 3.46. The molecule has 0 spiro atoms. The third-order valence-electron chi connectivity index (χ3n) is 5.51. The number of aromatic amines is 1. The number of benzene rings is 1. The molecule has 1 aliphatic carbocycles. The SMILES string of the molecule is CCCc1c(OCCCn2c3cccccc-3c(-c3nn[nH]n3)c2=O)ccc(C(C)=O)c1O. The number of H-pyrrole nitrogens is 1. The van der Waals surface area contributed by atoms with Gasteiger partial charge in [0.25, 0.3) is 5.56 Å². The largest absolute Gasteiger partial charge is 0.507 e. The summed E-state index contributed by atoms with van der Waals surface area (Å²) in [6.45, 7) is 4.19. The van der Waals surface area contributed by atoms with Gasteiger partial charge in [-0.2, -0.15) is 5.21 Å². The van der Waals surface area contributed by atoms with Crippen LogP contribution in [0.1, 0.15) is 42.6 Å². The van der Waals surface area contributed by atoms with Crippen molar-refractivity contribution >= 4 is 5.78 Å². The van der Waals surface area contributed by atoms with Gasteiger partial charge in [0, 0.05) is 17.7 Å². The van der Waals surface area contributed by atoms with Gasteiger partial charge in [0.05, 0.1) is 23.4 Å². The molecule has 1 aromatic heterocycles. The molecule has 1 aromatic carbocycles. The molecule has 4 rings (SSSR count). The Kier molecular flexibility index (Phi) is 6.48. The molecule has 0 atom stereocenters. The molecule has 0 saturated heterocycles. The van der Waals surface area contributed by atoms with E-state index in [0.717, 1.165) is 17.7 Å². The Bertz CT molecular complexity index is 1300. The predicted molar refractivity (Wildman–Crippen MR) is 123 cm³/mol. The minimum Gasteiger partial charge on any atom is -0.507 e. The van der Waals surface area contributed by atoms with E-state index >= 15 is 0 Å². The molecule has 170 valence electrons. The number of aromatic nitrogens is 5. The van der Waals surface area contributed by atoms with Crippen molar-refractivity contribution in [3.05, 3.63) is 63.9 Å². The minimum absolute atomic E-state index is 0.0163. The molecule has 0 amide bonds. The van der Waals surface area contributed by atoms with E-state index in [9.17, 15) is 14.7 Å². The molecule has 0 radical (unpaired) electrons. The Morgan fingerprint density at radius 3 is 2.73 bits per heavy atom.